The molecule has 0 unspecified atom stereocenters. The van der Waals surface area contributed by atoms with E-state index in [0.717, 1.165) is 21.0 Å². The number of anilines is 1. The van der Waals surface area contributed by atoms with Gasteiger partial charge in [-0.05, 0) is 23.6 Å². The van der Waals surface area contributed by atoms with Crippen molar-refractivity contribution in [3.05, 3.63) is 81.4 Å². The Morgan fingerprint density at radius 2 is 1.70 bits per heavy atom. The third-order valence-electron chi connectivity index (χ3n) is 4.98. The Kier molecular flexibility index (Phi) is 4.40. The minimum atomic E-state index is -0.358. The lowest BCUT2D eigenvalue weighted by atomic mass is 10.1. The van der Waals surface area contributed by atoms with Crippen LogP contribution in [-0.2, 0) is 11.3 Å². The summed E-state index contributed by atoms with van der Waals surface area (Å²) in [7, 11) is 0. The maximum Gasteiger partial charge on any atom is 0.273 e. The van der Waals surface area contributed by atoms with Gasteiger partial charge in [-0.3, -0.25) is 19.5 Å². The van der Waals surface area contributed by atoms with Gasteiger partial charge in [0.15, 0.2) is 5.13 Å². The second-order valence-corrected chi connectivity index (χ2v) is 7.92. The topological polar surface area (TPSA) is 96.9 Å². The molecule has 2 heterocycles. The molecule has 0 aliphatic heterocycles. The van der Waals surface area contributed by atoms with E-state index in [0.29, 0.717) is 15.9 Å². The van der Waals surface area contributed by atoms with E-state index in [4.69, 9.17) is 0 Å². The highest BCUT2D eigenvalue weighted by molar-refractivity contribution is 7.22. The zero-order chi connectivity index (χ0) is 20.7. The number of aromatic amines is 1. The number of nitrogens with zero attached hydrogens (tertiary/aromatic N) is 2. The van der Waals surface area contributed by atoms with Gasteiger partial charge in [0.05, 0.1) is 27.5 Å². The Labute approximate surface area is 173 Å². The number of aromatic nitrogens is 3. The van der Waals surface area contributed by atoms with Gasteiger partial charge in [0, 0.05) is 11.8 Å². The molecule has 8 heteroatoms. The second kappa shape index (κ2) is 7.23. The van der Waals surface area contributed by atoms with Crippen LogP contribution in [-0.4, -0.2) is 20.7 Å². The first-order chi connectivity index (χ1) is 14.6. The summed E-state index contributed by atoms with van der Waals surface area (Å²) in [5.74, 6) is -0.278. The molecule has 0 radical (unpaired) electrons. The predicted molar refractivity (Wildman–Crippen MR) is 119 cm³/mol. The van der Waals surface area contributed by atoms with Crippen LogP contribution in [0.3, 0.4) is 0 Å². The number of H-pyrrole nitrogens is 1. The zero-order valence-electron chi connectivity index (χ0n) is 15.7. The zero-order valence-corrected chi connectivity index (χ0v) is 16.5. The van der Waals surface area contributed by atoms with Gasteiger partial charge in [-0.25, -0.2) is 9.67 Å². The molecule has 0 saturated carbocycles. The van der Waals surface area contributed by atoms with E-state index in [1.165, 1.54) is 16.0 Å². The van der Waals surface area contributed by atoms with E-state index in [9.17, 15) is 14.4 Å². The molecule has 0 aliphatic carbocycles. The molecular weight excluding hydrogens is 400 g/mol. The number of nitrogens with one attached hydrogen (secondary N) is 2. The van der Waals surface area contributed by atoms with Crippen LogP contribution >= 0.6 is 11.3 Å². The number of fused-ring (bicyclic) bond motifs is 4. The molecule has 0 saturated heterocycles. The van der Waals surface area contributed by atoms with Gasteiger partial charge in [-0.2, -0.15) is 0 Å². The van der Waals surface area contributed by atoms with E-state index in [-0.39, 0.29) is 30.0 Å². The largest absolute Gasteiger partial charge is 0.302 e. The van der Waals surface area contributed by atoms with Crippen molar-refractivity contribution in [3.8, 4) is 0 Å². The van der Waals surface area contributed by atoms with Crippen LogP contribution in [0.5, 0.6) is 0 Å². The van der Waals surface area contributed by atoms with Crippen molar-refractivity contribution in [2.75, 3.05) is 5.32 Å². The molecule has 0 aliphatic rings. The maximum absolute atomic E-state index is 12.5. The van der Waals surface area contributed by atoms with Crippen LogP contribution in [0.4, 0.5) is 5.13 Å². The van der Waals surface area contributed by atoms with Gasteiger partial charge in [0.1, 0.15) is 0 Å². The molecule has 7 nitrogen and oxygen atoms in total. The smallest absolute Gasteiger partial charge is 0.273 e. The van der Waals surface area contributed by atoms with Gasteiger partial charge in [0.25, 0.3) is 11.1 Å². The monoisotopic (exact) mass is 416 g/mol. The Hall–Kier alpha value is -3.78. The van der Waals surface area contributed by atoms with Crippen molar-refractivity contribution >= 4 is 54.1 Å². The van der Waals surface area contributed by atoms with Crippen LogP contribution < -0.4 is 16.4 Å². The first-order valence-corrected chi connectivity index (χ1v) is 10.2. The minimum absolute atomic E-state index is 0.0326. The standard InChI is InChI=1S/C22H16N4O3S/c27-18(11-12-26-21(29)16-8-4-3-7-15(16)20(28)25-26)23-22-24-19-14-6-2-1-5-13(14)9-10-17(19)30-22/h1-10H,11-12H2,(H,25,28)(H,23,24,27). The highest BCUT2D eigenvalue weighted by Gasteiger charge is 2.12. The second-order valence-electron chi connectivity index (χ2n) is 6.89. The fourth-order valence-corrected chi connectivity index (χ4v) is 4.41. The number of hydrogen-bond donors (Lipinski definition) is 2. The predicted octanol–water partition coefficient (Wildman–Crippen LogP) is 3.48. The number of carbonyl (C=O) groups excluding carboxylic acids is 1. The molecule has 0 bridgehead atoms. The molecule has 5 rings (SSSR count). The SMILES string of the molecule is O=C(CCn1[nH]c(=O)c2ccccc2c1=O)Nc1nc2c(ccc3ccccc32)s1. The molecule has 3 aromatic carbocycles. The number of aryl methyl sites for hydroxylation is 1. The summed E-state index contributed by atoms with van der Waals surface area (Å²) in [6.45, 7) is 0.0680. The van der Waals surface area contributed by atoms with E-state index >= 15 is 0 Å². The number of rotatable bonds is 4. The first kappa shape index (κ1) is 18.3. The van der Waals surface area contributed by atoms with E-state index in [1.54, 1.807) is 24.3 Å². The molecule has 148 valence electrons. The third-order valence-corrected chi connectivity index (χ3v) is 5.91. The van der Waals surface area contributed by atoms with E-state index in [2.05, 4.69) is 15.4 Å². The summed E-state index contributed by atoms with van der Waals surface area (Å²) < 4.78 is 2.16. The summed E-state index contributed by atoms with van der Waals surface area (Å²) in [6, 6.07) is 18.6. The Morgan fingerprint density at radius 3 is 2.53 bits per heavy atom. The molecule has 1 amide bonds. The molecule has 2 aromatic heterocycles. The molecule has 2 N–H and O–H groups in total. The van der Waals surface area contributed by atoms with E-state index < -0.39 is 0 Å². The van der Waals surface area contributed by atoms with Crippen LogP contribution in [0, 0.1) is 0 Å². The lowest BCUT2D eigenvalue weighted by Gasteiger charge is -2.07. The van der Waals surface area contributed by atoms with Gasteiger partial charge in [-0.15, -0.1) is 0 Å². The normalized spacial score (nSPS) is 11.3. The molecule has 30 heavy (non-hydrogen) atoms. The number of hydrogen-bond acceptors (Lipinski definition) is 5. The number of benzene rings is 3. The Morgan fingerprint density at radius 1 is 0.967 bits per heavy atom. The summed E-state index contributed by atoms with van der Waals surface area (Å²) >= 11 is 1.40. The highest BCUT2D eigenvalue weighted by atomic mass is 32.1. The molecule has 0 fully saturated rings. The lowest BCUT2D eigenvalue weighted by molar-refractivity contribution is -0.116. The molecular formula is C22H16N4O3S. The van der Waals surface area contributed by atoms with Gasteiger partial charge < -0.3 is 5.32 Å². The van der Waals surface area contributed by atoms with Gasteiger partial charge in [-0.1, -0.05) is 53.8 Å². The molecule has 0 spiro atoms. The summed E-state index contributed by atoms with van der Waals surface area (Å²) in [5.41, 5.74) is 0.164. The number of thiazole rings is 1. The van der Waals surface area contributed by atoms with Crippen molar-refractivity contribution in [3.63, 3.8) is 0 Å². The van der Waals surface area contributed by atoms with Crippen LogP contribution in [0.2, 0.25) is 0 Å². The fourth-order valence-electron chi connectivity index (χ4n) is 3.51. The molecule has 5 aromatic rings. The fraction of sp³-hybridized carbons (Fsp3) is 0.0909. The Balaban J connectivity index is 1.36. The van der Waals surface area contributed by atoms with Crippen molar-refractivity contribution in [2.45, 2.75) is 13.0 Å². The van der Waals surface area contributed by atoms with Crippen molar-refractivity contribution < 1.29 is 4.79 Å². The third kappa shape index (κ3) is 3.17. The maximum atomic E-state index is 12.5. The van der Waals surface area contributed by atoms with Crippen LogP contribution in [0.25, 0.3) is 31.8 Å². The summed E-state index contributed by atoms with van der Waals surface area (Å²) in [5, 5.41) is 8.63. The van der Waals surface area contributed by atoms with Crippen molar-refractivity contribution in [1.29, 1.82) is 0 Å². The minimum Gasteiger partial charge on any atom is -0.302 e. The van der Waals surface area contributed by atoms with Crippen molar-refractivity contribution in [1.82, 2.24) is 14.8 Å². The first-order valence-electron chi connectivity index (χ1n) is 9.40. The average molecular weight is 416 g/mol. The van der Waals surface area contributed by atoms with Gasteiger partial charge >= 0.3 is 0 Å². The highest BCUT2D eigenvalue weighted by Crippen LogP contribution is 2.31. The summed E-state index contributed by atoms with van der Waals surface area (Å²) in [4.78, 5) is 41.7. The lowest BCUT2D eigenvalue weighted by Crippen LogP contribution is -2.31. The number of carbonyl (C=O) groups is 1. The van der Waals surface area contributed by atoms with Crippen molar-refractivity contribution in [2.24, 2.45) is 0 Å². The van der Waals surface area contributed by atoms with Crippen LogP contribution in [0.1, 0.15) is 6.42 Å². The average Bonchev–Trinajstić information content (AvgIpc) is 3.18. The van der Waals surface area contributed by atoms with Crippen LogP contribution in [0.15, 0.2) is 70.3 Å². The van der Waals surface area contributed by atoms with E-state index in [1.807, 2.05) is 36.4 Å². The summed E-state index contributed by atoms with van der Waals surface area (Å²) in [6.07, 6.45) is 0.0326. The molecule has 0 atom stereocenters. The van der Waals surface area contributed by atoms with Gasteiger partial charge in [0.2, 0.25) is 5.91 Å². The number of amides is 1. The quantitative estimate of drug-likeness (QED) is 0.469. The Bertz CT molecular complexity index is 1550.